The van der Waals surface area contributed by atoms with Gasteiger partial charge in [-0.1, -0.05) is 29.8 Å². The summed E-state index contributed by atoms with van der Waals surface area (Å²) >= 11 is 0.679. The molecule has 0 radical (unpaired) electrons. The largest absolute Gasteiger partial charge is 0.433 e. The number of nitrogens with zero attached hydrogens (tertiary/aromatic N) is 3. The molecule has 0 aliphatic rings. The summed E-state index contributed by atoms with van der Waals surface area (Å²) in [6.07, 6.45) is -3.20. The zero-order valence-corrected chi connectivity index (χ0v) is 18.8. The van der Waals surface area contributed by atoms with E-state index in [-0.39, 0.29) is 38.8 Å². The smallest absolute Gasteiger partial charge is 0.365 e. The molecular formula is C22H18F3N5O3S. The van der Waals surface area contributed by atoms with E-state index >= 15 is 0 Å². The number of methoxy groups -OCH3 is 1. The highest BCUT2D eigenvalue weighted by Crippen LogP contribution is 2.43. The van der Waals surface area contributed by atoms with Gasteiger partial charge in [0.2, 0.25) is 0 Å². The number of carbonyl (C=O) groups is 2. The Balaban J connectivity index is 1.92. The summed E-state index contributed by atoms with van der Waals surface area (Å²) in [7, 11) is 1.47. The van der Waals surface area contributed by atoms with Crippen LogP contribution in [0, 0.1) is 6.92 Å². The lowest BCUT2D eigenvalue weighted by atomic mass is 10.00. The third kappa shape index (κ3) is 4.50. The number of nitrogens with one attached hydrogen (secondary N) is 1. The maximum absolute atomic E-state index is 13.6. The van der Waals surface area contributed by atoms with Gasteiger partial charge in [-0.2, -0.15) is 18.3 Å². The average molecular weight is 489 g/mol. The molecule has 0 bridgehead atoms. The molecule has 176 valence electrons. The maximum Gasteiger partial charge on any atom is 0.433 e. The van der Waals surface area contributed by atoms with Crippen molar-refractivity contribution in [2.75, 3.05) is 12.4 Å². The van der Waals surface area contributed by atoms with Crippen LogP contribution < -0.4 is 11.1 Å². The Labute approximate surface area is 195 Å². The van der Waals surface area contributed by atoms with E-state index in [1.807, 2.05) is 6.92 Å². The van der Waals surface area contributed by atoms with Crippen LogP contribution in [-0.4, -0.2) is 33.7 Å². The highest BCUT2D eigenvalue weighted by Gasteiger charge is 2.35. The number of benzene rings is 1. The Hall–Kier alpha value is -3.77. The van der Waals surface area contributed by atoms with Crippen LogP contribution in [0.2, 0.25) is 0 Å². The predicted molar refractivity (Wildman–Crippen MR) is 121 cm³/mol. The van der Waals surface area contributed by atoms with Gasteiger partial charge in [-0.15, -0.1) is 11.3 Å². The van der Waals surface area contributed by atoms with Gasteiger partial charge in [0.25, 0.3) is 11.8 Å². The lowest BCUT2D eigenvalue weighted by Crippen LogP contribution is -2.17. The highest BCUT2D eigenvalue weighted by molar-refractivity contribution is 7.21. The molecule has 12 heteroatoms. The summed E-state index contributed by atoms with van der Waals surface area (Å²) in [5, 5.41) is 6.85. The second-order valence-electron chi connectivity index (χ2n) is 7.38. The lowest BCUT2D eigenvalue weighted by Gasteiger charge is -2.12. The molecule has 0 aliphatic heterocycles. The molecule has 0 spiro atoms. The molecule has 1 aromatic carbocycles. The molecule has 3 N–H and O–H groups in total. The Morgan fingerprint density at radius 3 is 2.53 bits per heavy atom. The van der Waals surface area contributed by atoms with Gasteiger partial charge in [0.05, 0.1) is 5.69 Å². The molecular weight excluding hydrogens is 471 g/mol. The number of halogens is 3. The maximum atomic E-state index is 13.6. The van der Waals surface area contributed by atoms with Crippen molar-refractivity contribution in [3.63, 3.8) is 0 Å². The molecule has 4 aromatic rings. The topological polar surface area (TPSA) is 112 Å². The molecule has 8 nitrogen and oxygen atoms in total. The van der Waals surface area contributed by atoms with Crippen LogP contribution in [0.25, 0.3) is 21.3 Å². The molecule has 34 heavy (non-hydrogen) atoms. The predicted octanol–water partition coefficient (Wildman–Crippen LogP) is 4.44. The summed E-state index contributed by atoms with van der Waals surface area (Å²) < 4.78 is 47.1. The first-order valence-corrected chi connectivity index (χ1v) is 10.7. The van der Waals surface area contributed by atoms with Crippen molar-refractivity contribution < 1.29 is 27.5 Å². The quantitative estimate of drug-likeness (QED) is 0.416. The van der Waals surface area contributed by atoms with Gasteiger partial charge in [0.15, 0.2) is 5.69 Å². The van der Waals surface area contributed by atoms with E-state index < -0.39 is 23.7 Å². The molecule has 3 aromatic heterocycles. The van der Waals surface area contributed by atoms with E-state index in [4.69, 9.17) is 10.5 Å². The second kappa shape index (κ2) is 8.88. The molecule has 0 saturated carbocycles. The summed E-state index contributed by atoms with van der Waals surface area (Å²) in [6.45, 7) is 1.96. The fourth-order valence-corrected chi connectivity index (χ4v) is 4.37. The first-order chi connectivity index (χ1) is 16.1. The lowest BCUT2D eigenvalue weighted by molar-refractivity contribution is -0.140. The molecule has 4 rings (SSSR count). The van der Waals surface area contributed by atoms with E-state index in [0.717, 1.165) is 11.6 Å². The number of anilines is 1. The number of aryl methyl sites for hydroxylation is 1. The van der Waals surface area contributed by atoms with E-state index in [2.05, 4.69) is 15.4 Å². The van der Waals surface area contributed by atoms with Crippen LogP contribution in [0.4, 0.5) is 18.9 Å². The van der Waals surface area contributed by atoms with Crippen molar-refractivity contribution in [3.8, 4) is 11.1 Å². The SMILES string of the molecule is COCn1ccc(C(=O)Nc2c(C(N)=O)sc3nc(C(F)(F)F)cc(-c4ccc(C)cc4)c23)n1. The van der Waals surface area contributed by atoms with E-state index in [1.54, 1.807) is 24.3 Å². The summed E-state index contributed by atoms with van der Waals surface area (Å²) in [5.41, 5.74) is 5.90. The van der Waals surface area contributed by atoms with E-state index in [9.17, 15) is 22.8 Å². The van der Waals surface area contributed by atoms with E-state index in [0.29, 0.717) is 16.9 Å². The number of nitrogens with two attached hydrogens (primary N) is 1. The van der Waals surface area contributed by atoms with Crippen molar-refractivity contribution in [1.29, 1.82) is 0 Å². The van der Waals surface area contributed by atoms with Crippen molar-refractivity contribution in [1.82, 2.24) is 14.8 Å². The molecule has 0 saturated heterocycles. The third-order valence-electron chi connectivity index (χ3n) is 4.91. The molecule has 3 heterocycles. The van der Waals surface area contributed by atoms with Crippen LogP contribution in [0.1, 0.15) is 31.4 Å². The van der Waals surface area contributed by atoms with Crippen molar-refractivity contribution in [3.05, 3.63) is 64.4 Å². The fraction of sp³-hybridized carbons (Fsp3) is 0.182. The van der Waals surface area contributed by atoms with Crippen LogP contribution in [0.15, 0.2) is 42.6 Å². The van der Waals surface area contributed by atoms with Gasteiger partial charge in [0, 0.05) is 18.7 Å². The summed E-state index contributed by atoms with van der Waals surface area (Å²) in [5.74, 6) is -1.58. The van der Waals surface area contributed by atoms with Gasteiger partial charge < -0.3 is 15.8 Å². The van der Waals surface area contributed by atoms with Crippen molar-refractivity contribution in [2.45, 2.75) is 19.8 Å². The number of amides is 2. The normalized spacial score (nSPS) is 11.7. The Bertz CT molecular complexity index is 1390. The van der Waals surface area contributed by atoms with Gasteiger partial charge in [-0.05, 0) is 30.2 Å². The monoisotopic (exact) mass is 489 g/mol. The number of carbonyl (C=O) groups excluding carboxylic acids is 2. The van der Waals surface area contributed by atoms with Gasteiger partial charge >= 0.3 is 6.18 Å². The van der Waals surface area contributed by atoms with Crippen LogP contribution in [0.5, 0.6) is 0 Å². The number of pyridine rings is 1. The number of rotatable bonds is 6. The Kier molecular flexibility index (Phi) is 6.11. The minimum atomic E-state index is -4.72. The van der Waals surface area contributed by atoms with Gasteiger partial charge in [0.1, 0.15) is 22.1 Å². The summed E-state index contributed by atoms with van der Waals surface area (Å²) in [4.78, 5) is 28.6. The molecule has 2 amide bonds. The van der Waals surface area contributed by atoms with Crippen LogP contribution in [0.3, 0.4) is 0 Å². The molecule has 0 aliphatic carbocycles. The Morgan fingerprint density at radius 2 is 1.91 bits per heavy atom. The number of fused-ring (bicyclic) bond motifs is 1. The molecule has 0 unspecified atom stereocenters. The summed E-state index contributed by atoms with van der Waals surface area (Å²) in [6, 6.07) is 9.14. The minimum Gasteiger partial charge on any atom is -0.365 e. The second-order valence-corrected chi connectivity index (χ2v) is 8.38. The zero-order valence-electron chi connectivity index (χ0n) is 17.9. The number of thiophene rings is 1. The average Bonchev–Trinajstić information content (AvgIpc) is 3.38. The Morgan fingerprint density at radius 1 is 1.21 bits per heavy atom. The number of primary amides is 1. The van der Waals surface area contributed by atoms with Crippen molar-refractivity contribution in [2.24, 2.45) is 5.73 Å². The van der Waals surface area contributed by atoms with Crippen molar-refractivity contribution >= 4 is 39.1 Å². The van der Waals surface area contributed by atoms with Crippen LogP contribution >= 0.6 is 11.3 Å². The molecule has 0 atom stereocenters. The van der Waals surface area contributed by atoms with Gasteiger partial charge in [-0.3, -0.25) is 9.59 Å². The number of hydrogen-bond acceptors (Lipinski definition) is 6. The number of alkyl halides is 3. The number of aromatic nitrogens is 3. The molecule has 0 fully saturated rings. The zero-order chi connectivity index (χ0) is 24.6. The first kappa shape index (κ1) is 23.4. The third-order valence-corrected chi connectivity index (χ3v) is 6.01. The van der Waals surface area contributed by atoms with E-state index in [1.165, 1.54) is 24.1 Å². The number of hydrogen-bond donors (Lipinski definition) is 2. The first-order valence-electron chi connectivity index (χ1n) is 9.84. The highest BCUT2D eigenvalue weighted by atomic mass is 32.1. The minimum absolute atomic E-state index is 0.0172. The number of ether oxygens (including phenoxy) is 1. The van der Waals surface area contributed by atoms with Crippen LogP contribution in [-0.2, 0) is 17.6 Å². The van der Waals surface area contributed by atoms with Gasteiger partial charge in [-0.25, -0.2) is 9.67 Å². The standard InChI is InChI=1S/C22H18F3N5O3S/c1-11-3-5-12(6-4-11)13-9-15(22(23,24)25)27-21-16(13)17(18(34-21)19(26)31)28-20(32)14-7-8-30(29-14)10-33-2/h3-9H,10H2,1-2H3,(H2,26,31)(H,28,32). The fourth-order valence-electron chi connectivity index (χ4n) is 3.36.